The van der Waals surface area contributed by atoms with Gasteiger partial charge in [0.25, 0.3) is 0 Å². The molecule has 0 spiro atoms. The number of halogens is 1. The van der Waals surface area contributed by atoms with Gasteiger partial charge in [-0.2, -0.15) is 0 Å². The third-order valence-corrected chi connectivity index (χ3v) is 4.86. The van der Waals surface area contributed by atoms with Crippen LogP contribution in [0.5, 0.6) is 0 Å². The van der Waals surface area contributed by atoms with Gasteiger partial charge in [0.05, 0.1) is 0 Å². The molecule has 15 heavy (non-hydrogen) atoms. The van der Waals surface area contributed by atoms with Crippen molar-refractivity contribution in [3.8, 4) is 0 Å². The van der Waals surface area contributed by atoms with Crippen molar-refractivity contribution in [2.45, 2.75) is 12.8 Å². The number of hydrogen-bond acceptors (Lipinski definition) is 3. The molecule has 1 aliphatic heterocycles. The maximum Gasteiger partial charge on any atom is 0.228 e. The van der Waals surface area contributed by atoms with Crippen LogP contribution in [-0.4, -0.2) is 44.0 Å². The molecule has 88 valence electrons. The second-order valence-electron chi connectivity index (χ2n) is 3.51. The van der Waals surface area contributed by atoms with Crippen LogP contribution in [0.25, 0.3) is 0 Å². The average Bonchev–Trinajstić information content (AvgIpc) is 2.28. The summed E-state index contributed by atoms with van der Waals surface area (Å²) in [6.07, 6.45) is 1.13. The largest absolute Gasteiger partial charge is 0.359 e. The van der Waals surface area contributed by atoms with E-state index in [1.807, 2.05) is 0 Å². The molecule has 1 heterocycles. The quantitative estimate of drug-likeness (QED) is 0.720. The summed E-state index contributed by atoms with van der Waals surface area (Å²) >= 11 is 5.34. The number of sulfonamides is 1. The van der Waals surface area contributed by atoms with Crippen molar-refractivity contribution in [1.82, 2.24) is 9.62 Å². The molecule has 0 aromatic rings. The molecule has 7 heteroatoms. The zero-order chi connectivity index (χ0) is 11.5. The monoisotopic (exact) mass is 254 g/mol. The second kappa shape index (κ2) is 5.14. The van der Waals surface area contributed by atoms with Gasteiger partial charge in [0.1, 0.15) is 5.21 Å². The van der Waals surface area contributed by atoms with Gasteiger partial charge in [-0.3, -0.25) is 4.79 Å². The summed E-state index contributed by atoms with van der Waals surface area (Å²) in [6, 6.07) is 0. The van der Waals surface area contributed by atoms with Crippen LogP contribution in [0.4, 0.5) is 0 Å². The SMILES string of the molecule is CNC(=O)C1CCN(S(=O)(=O)CCl)CC1. The molecule has 1 rings (SSSR count). The Morgan fingerprint density at radius 1 is 1.47 bits per heavy atom. The molecular formula is C8H15ClN2O3S. The van der Waals surface area contributed by atoms with E-state index in [0.717, 1.165) is 0 Å². The topological polar surface area (TPSA) is 66.5 Å². The van der Waals surface area contributed by atoms with Crippen LogP contribution in [0.3, 0.4) is 0 Å². The molecule has 1 N–H and O–H groups in total. The van der Waals surface area contributed by atoms with Gasteiger partial charge in [0.2, 0.25) is 15.9 Å². The van der Waals surface area contributed by atoms with Crippen molar-refractivity contribution in [3.63, 3.8) is 0 Å². The number of piperidine rings is 1. The van der Waals surface area contributed by atoms with Crippen LogP contribution in [0.1, 0.15) is 12.8 Å². The molecule has 5 nitrogen and oxygen atoms in total. The number of carbonyl (C=O) groups excluding carboxylic acids is 1. The van der Waals surface area contributed by atoms with Crippen LogP contribution >= 0.6 is 11.6 Å². The van der Waals surface area contributed by atoms with Crippen LogP contribution < -0.4 is 5.32 Å². The third-order valence-electron chi connectivity index (χ3n) is 2.60. The molecule has 1 amide bonds. The van der Waals surface area contributed by atoms with Crippen LogP contribution in [0, 0.1) is 5.92 Å². The Morgan fingerprint density at radius 2 is 2.00 bits per heavy atom. The highest BCUT2D eigenvalue weighted by atomic mass is 35.5. The summed E-state index contributed by atoms with van der Waals surface area (Å²) in [4.78, 5) is 11.3. The molecule has 0 aliphatic carbocycles. The Labute approximate surface area is 94.8 Å². The molecule has 0 radical (unpaired) electrons. The molecule has 1 fully saturated rings. The van der Waals surface area contributed by atoms with E-state index in [9.17, 15) is 13.2 Å². The second-order valence-corrected chi connectivity index (χ2v) is 6.06. The maximum atomic E-state index is 11.4. The first-order valence-electron chi connectivity index (χ1n) is 4.76. The van der Waals surface area contributed by atoms with Crippen molar-refractivity contribution in [1.29, 1.82) is 0 Å². The fourth-order valence-electron chi connectivity index (χ4n) is 1.67. The number of carbonyl (C=O) groups is 1. The maximum absolute atomic E-state index is 11.4. The number of hydrogen-bond donors (Lipinski definition) is 1. The molecular weight excluding hydrogens is 240 g/mol. The number of rotatable bonds is 3. The van der Waals surface area contributed by atoms with E-state index in [1.54, 1.807) is 7.05 Å². The van der Waals surface area contributed by atoms with Crippen LogP contribution in [0.2, 0.25) is 0 Å². The lowest BCUT2D eigenvalue weighted by atomic mass is 9.97. The fourth-order valence-corrected chi connectivity index (χ4v) is 2.99. The number of nitrogens with one attached hydrogen (secondary N) is 1. The summed E-state index contributed by atoms with van der Waals surface area (Å²) in [5, 5.41) is 2.18. The number of amides is 1. The predicted molar refractivity (Wildman–Crippen MR) is 58.0 cm³/mol. The Kier molecular flexibility index (Phi) is 4.36. The average molecular weight is 255 g/mol. The van der Waals surface area contributed by atoms with Gasteiger partial charge in [-0.05, 0) is 12.8 Å². The minimum absolute atomic E-state index is 0.0158. The highest BCUT2D eigenvalue weighted by Gasteiger charge is 2.29. The standard InChI is InChI=1S/C8H15ClN2O3S/c1-10-8(12)7-2-4-11(5-3-7)15(13,14)6-9/h7H,2-6H2,1H3,(H,10,12). The normalized spacial score (nSPS) is 20.1. The summed E-state index contributed by atoms with van der Waals surface area (Å²) in [5.74, 6) is -0.0882. The van der Waals surface area contributed by atoms with E-state index in [0.29, 0.717) is 25.9 Å². The van der Waals surface area contributed by atoms with Crippen molar-refractivity contribution in [3.05, 3.63) is 0 Å². The molecule has 1 saturated heterocycles. The predicted octanol–water partition coefficient (Wildman–Crippen LogP) is -0.0295. The number of alkyl halides is 1. The van der Waals surface area contributed by atoms with E-state index >= 15 is 0 Å². The first kappa shape index (κ1) is 12.7. The van der Waals surface area contributed by atoms with E-state index < -0.39 is 15.2 Å². The zero-order valence-corrected chi connectivity index (χ0v) is 10.1. The Morgan fingerprint density at radius 3 is 2.40 bits per heavy atom. The molecule has 0 aromatic carbocycles. The fraction of sp³-hybridized carbons (Fsp3) is 0.875. The van der Waals surface area contributed by atoms with Gasteiger partial charge in [0.15, 0.2) is 0 Å². The van der Waals surface area contributed by atoms with Gasteiger partial charge in [0, 0.05) is 26.1 Å². The smallest absolute Gasteiger partial charge is 0.228 e. The first-order valence-corrected chi connectivity index (χ1v) is 6.91. The minimum Gasteiger partial charge on any atom is -0.359 e. The van der Waals surface area contributed by atoms with Gasteiger partial charge in [-0.15, -0.1) is 11.6 Å². The highest BCUT2D eigenvalue weighted by Crippen LogP contribution is 2.20. The van der Waals surface area contributed by atoms with Gasteiger partial charge >= 0.3 is 0 Å². The van der Waals surface area contributed by atoms with Crippen LogP contribution in [0.15, 0.2) is 0 Å². The van der Waals surface area contributed by atoms with Crippen molar-refractivity contribution in [2.24, 2.45) is 5.92 Å². The molecule has 0 aromatic heterocycles. The Balaban J connectivity index is 2.53. The summed E-state index contributed by atoms with van der Waals surface area (Å²) in [5.41, 5.74) is 0. The first-order chi connectivity index (χ1) is 7.01. The molecule has 0 atom stereocenters. The van der Waals surface area contributed by atoms with Gasteiger partial charge < -0.3 is 5.32 Å². The molecule has 0 saturated carbocycles. The van der Waals surface area contributed by atoms with E-state index in [1.165, 1.54) is 4.31 Å². The van der Waals surface area contributed by atoms with Crippen molar-refractivity contribution < 1.29 is 13.2 Å². The molecule has 0 unspecified atom stereocenters. The lowest BCUT2D eigenvalue weighted by Gasteiger charge is -2.29. The zero-order valence-electron chi connectivity index (χ0n) is 8.57. The summed E-state index contributed by atoms with van der Waals surface area (Å²) in [6.45, 7) is 0.764. The minimum atomic E-state index is -3.31. The molecule has 0 bridgehead atoms. The van der Waals surface area contributed by atoms with Gasteiger partial charge in [-0.1, -0.05) is 0 Å². The van der Waals surface area contributed by atoms with E-state index in [2.05, 4.69) is 5.32 Å². The van der Waals surface area contributed by atoms with E-state index in [-0.39, 0.29) is 11.8 Å². The number of nitrogens with zero attached hydrogens (tertiary/aromatic N) is 1. The lowest BCUT2D eigenvalue weighted by molar-refractivity contribution is -0.125. The van der Waals surface area contributed by atoms with E-state index in [4.69, 9.17) is 11.6 Å². The summed E-state index contributed by atoms with van der Waals surface area (Å²) in [7, 11) is -1.72. The lowest BCUT2D eigenvalue weighted by Crippen LogP contribution is -2.42. The summed E-state index contributed by atoms with van der Waals surface area (Å²) < 4.78 is 24.1. The Bertz CT molecular complexity index is 323. The van der Waals surface area contributed by atoms with Crippen molar-refractivity contribution in [2.75, 3.05) is 25.3 Å². The highest BCUT2D eigenvalue weighted by molar-refractivity contribution is 7.90. The Hall–Kier alpha value is -0.330. The van der Waals surface area contributed by atoms with Crippen LogP contribution in [-0.2, 0) is 14.8 Å². The molecule has 1 aliphatic rings. The third kappa shape index (κ3) is 3.06. The van der Waals surface area contributed by atoms with Crippen molar-refractivity contribution >= 4 is 27.5 Å². The van der Waals surface area contributed by atoms with Gasteiger partial charge in [-0.25, -0.2) is 12.7 Å².